The number of hydrogen-bond donors (Lipinski definition) is 0. The van der Waals surface area contributed by atoms with E-state index in [1.54, 1.807) is 0 Å². The predicted octanol–water partition coefficient (Wildman–Crippen LogP) is 2.68. The van der Waals surface area contributed by atoms with Gasteiger partial charge in [-0.25, -0.2) is 0 Å². The van der Waals surface area contributed by atoms with Crippen LogP contribution in [0.3, 0.4) is 0 Å². The second-order valence-electron chi connectivity index (χ2n) is 5.11. The lowest BCUT2D eigenvalue weighted by molar-refractivity contribution is -0.151. The third-order valence-corrected chi connectivity index (χ3v) is 4.11. The molecule has 1 aliphatic heterocycles. The van der Waals surface area contributed by atoms with E-state index < -0.39 is 0 Å². The summed E-state index contributed by atoms with van der Waals surface area (Å²) in [7, 11) is 0. The summed E-state index contributed by atoms with van der Waals surface area (Å²) in [6.45, 7) is 8.18. The fourth-order valence-corrected chi connectivity index (χ4v) is 3.15. The van der Waals surface area contributed by atoms with Gasteiger partial charge in [0.25, 0.3) is 0 Å². The van der Waals surface area contributed by atoms with Crippen LogP contribution in [0.25, 0.3) is 0 Å². The molecule has 2 rings (SSSR count). The van der Waals surface area contributed by atoms with Crippen molar-refractivity contribution < 1.29 is 9.53 Å². The van der Waals surface area contributed by atoms with Crippen molar-refractivity contribution >= 4 is 5.97 Å². The molecule has 1 unspecified atom stereocenters. The first-order chi connectivity index (χ1) is 6.50. The molecule has 2 aliphatic rings. The molecule has 2 nitrogen and oxygen atoms in total. The van der Waals surface area contributed by atoms with Gasteiger partial charge in [0.2, 0.25) is 0 Å². The van der Waals surface area contributed by atoms with E-state index in [1.165, 1.54) is 0 Å². The van der Waals surface area contributed by atoms with E-state index in [0.29, 0.717) is 12.3 Å². The molecule has 1 saturated heterocycles. The van der Waals surface area contributed by atoms with Crippen LogP contribution in [0.15, 0.2) is 12.7 Å². The highest BCUT2D eigenvalue weighted by atomic mass is 16.6. The number of allylic oxidation sites excluding steroid dienone is 1. The number of esters is 1. The Morgan fingerprint density at radius 3 is 2.86 bits per heavy atom. The zero-order chi connectivity index (χ0) is 10.4. The van der Waals surface area contributed by atoms with Gasteiger partial charge in [-0.1, -0.05) is 13.0 Å². The molecule has 0 radical (unpaired) electrons. The molecule has 1 aliphatic carbocycles. The van der Waals surface area contributed by atoms with E-state index in [1.807, 2.05) is 6.08 Å². The molecule has 0 N–H and O–H groups in total. The van der Waals surface area contributed by atoms with Crippen LogP contribution in [0.2, 0.25) is 0 Å². The summed E-state index contributed by atoms with van der Waals surface area (Å²) >= 11 is 0. The van der Waals surface area contributed by atoms with E-state index in [4.69, 9.17) is 4.74 Å². The fourth-order valence-electron chi connectivity index (χ4n) is 3.15. The highest BCUT2D eigenvalue weighted by Crippen LogP contribution is 2.53. The molecule has 2 heteroatoms. The molecular formula is C12H18O2. The van der Waals surface area contributed by atoms with Crippen LogP contribution in [0.4, 0.5) is 0 Å². The first kappa shape index (κ1) is 9.75. The van der Waals surface area contributed by atoms with Crippen LogP contribution in [-0.4, -0.2) is 11.6 Å². The second kappa shape index (κ2) is 2.85. The van der Waals surface area contributed by atoms with E-state index >= 15 is 0 Å². The first-order valence-corrected chi connectivity index (χ1v) is 5.36. The minimum absolute atomic E-state index is 0.0347. The Labute approximate surface area is 85.3 Å². The molecule has 3 atom stereocenters. The Morgan fingerprint density at radius 2 is 2.21 bits per heavy atom. The van der Waals surface area contributed by atoms with Crippen molar-refractivity contribution in [2.45, 2.75) is 45.1 Å². The van der Waals surface area contributed by atoms with Gasteiger partial charge in [-0.15, -0.1) is 6.58 Å². The summed E-state index contributed by atoms with van der Waals surface area (Å²) in [4.78, 5) is 11.4. The molecule has 78 valence electrons. The number of ether oxygens (including phenoxy) is 1. The maximum absolute atomic E-state index is 11.4. The summed E-state index contributed by atoms with van der Waals surface area (Å²) in [6, 6.07) is 0. The molecule has 1 saturated carbocycles. The van der Waals surface area contributed by atoms with Crippen molar-refractivity contribution in [1.82, 2.24) is 0 Å². The SMILES string of the molecule is C=C[C@@]1(C)CCC[C@]2(C)OC(=O)CC12. The Kier molecular flexibility index (Phi) is 1.98. The largest absolute Gasteiger partial charge is 0.459 e. The highest BCUT2D eigenvalue weighted by molar-refractivity contribution is 5.73. The van der Waals surface area contributed by atoms with Gasteiger partial charge >= 0.3 is 5.97 Å². The number of carbonyl (C=O) groups excluding carboxylic acids is 1. The maximum Gasteiger partial charge on any atom is 0.306 e. The highest BCUT2D eigenvalue weighted by Gasteiger charge is 2.54. The van der Waals surface area contributed by atoms with Gasteiger partial charge in [0.15, 0.2) is 0 Å². The molecule has 0 aromatic heterocycles. The molecule has 0 bridgehead atoms. The summed E-state index contributed by atoms with van der Waals surface area (Å²) < 4.78 is 5.46. The average Bonchev–Trinajstić information content (AvgIpc) is 2.42. The molecule has 1 heterocycles. The quantitative estimate of drug-likeness (QED) is 0.474. The monoisotopic (exact) mass is 194 g/mol. The van der Waals surface area contributed by atoms with Crippen LogP contribution in [0, 0.1) is 11.3 Å². The zero-order valence-electron chi connectivity index (χ0n) is 9.01. The molecular weight excluding hydrogens is 176 g/mol. The zero-order valence-corrected chi connectivity index (χ0v) is 9.01. The van der Waals surface area contributed by atoms with E-state index in [2.05, 4.69) is 20.4 Å². The van der Waals surface area contributed by atoms with Gasteiger partial charge in [-0.3, -0.25) is 4.79 Å². The number of carbonyl (C=O) groups is 1. The molecule has 0 aromatic carbocycles. The molecule has 2 fully saturated rings. The van der Waals surface area contributed by atoms with Crippen LogP contribution in [0.1, 0.15) is 39.5 Å². The fraction of sp³-hybridized carbons (Fsp3) is 0.750. The van der Waals surface area contributed by atoms with E-state index in [-0.39, 0.29) is 17.0 Å². The summed E-state index contributed by atoms with van der Waals surface area (Å²) in [6.07, 6.45) is 5.85. The lowest BCUT2D eigenvalue weighted by Gasteiger charge is -2.45. The third kappa shape index (κ3) is 1.20. The topological polar surface area (TPSA) is 26.3 Å². The third-order valence-electron chi connectivity index (χ3n) is 4.11. The van der Waals surface area contributed by atoms with Crippen molar-refractivity contribution in [2.24, 2.45) is 11.3 Å². The van der Waals surface area contributed by atoms with Gasteiger partial charge in [0.05, 0.1) is 6.42 Å². The van der Waals surface area contributed by atoms with Gasteiger partial charge in [-0.2, -0.15) is 0 Å². The van der Waals surface area contributed by atoms with Crippen LogP contribution in [-0.2, 0) is 9.53 Å². The normalized spacial score (nSPS) is 47.0. The van der Waals surface area contributed by atoms with Crippen molar-refractivity contribution in [1.29, 1.82) is 0 Å². The van der Waals surface area contributed by atoms with Crippen LogP contribution in [0.5, 0.6) is 0 Å². The summed E-state index contributed by atoms with van der Waals surface area (Å²) in [5.41, 5.74) is -0.141. The Bertz CT molecular complexity index is 284. The molecule has 0 amide bonds. The lowest BCUT2D eigenvalue weighted by atomic mass is 9.61. The van der Waals surface area contributed by atoms with E-state index in [0.717, 1.165) is 19.3 Å². The Balaban J connectivity index is 2.34. The molecule has 0 aromatic rings. The number of fused-ring (bicyclic) bond motifs is 1. The van der Waals surface area contributed by atoms with Crippen molar-refractivity contribution in [3.05, 3.63) is 12.7 Å². The van der Waals surface area contributed by atoms with Crippen LogP contribution >= 0.6 is 0 Å². The maximum atomic E-state index is 11.4. The summed E-state index contributed by atoms with van der Waals surface area (Å²) in [5, 5.41) is 0. The van der Waals surface area contributed by atoms with E-state index in [9.17, 15) is 4.79 Å². The van der Waals surface area contributed by atoms with Gasteiger partial charge in [-0.05, 0) is 31.6 Å². The minimum atomic E-state index is -0.224. The van der Waals surface area contributed by atoms with Crippen molar-refractivity contribution in [2.75, 3.05) is 0 Å². The smallest absolute Gasteiger partial charge is 0.306 e. The lowest BCUT2D eigenvalue weighted by Crippen LogP contribution is -2.44. The Morgan fingerprint density at radius 1 is 1.50 bits per heavy atom. The second-order valence-corrected chi connectivity index (χ2v) is 5.11. The molecule has 14 heavy (non-hydrogen) atoms. The van der Waals surface area contributed by atoms with Crippen LogP contribution < -0.4 is 0 Å². The van der Waals surface area contributed by atoms with Gasteiger partial charge in [0.1, 0.15) is 5.60 Å². The predicted molar refractivity (Wildman–Crippen MR) is 54.8 cm³/mol. The van der Waals surface area contributed by atoms with Gasteiger partial charge < -0.3 is 4.74 Å². The van der Waals surface area contributed by atoms with Gasteiger partial charge in [0, 0.05) is 5.92 Å². The molecule has 0 spiro atoms. The standard InChI is InChI=1S/C12H18O2/c1-4-11(2)6-5-7-12(3)9(11)8-10(13)14-12/h4,9H,1,5-8H2,2-3H3/t9?,11-,12-/m0/s1. The summed E-state index contributed by atoms with van der Waals surface area (Å²) in [5.74, 6) is 0.293. The first-order valence-electron chi connectivity index (χ1n) is 5.36. The number of hydrogen-bond acceptors (Lipinski definition) is 2. The number of rotatable bonds is 1. The van der Waals surface area contributed by atoms with Crippen molar-refractivity contribution in [3.63, 3.8) is 0 Å². The Hall–Kier alpha value is -0.790. The minimum Gasteiger partial charge on any atom is -0.459 e. The average molecular weight is 194 g/mol. The van der Waals surface area contributed by atoms with Crippen molar-refractivity contribution in [3.8, 4) is 0 Å².